The summed E-state index contributed by atoms with van der Waals surface area (Å²) in [6.45, 7) is 3.97. The molecule has 0 amide bonds. The molecule has 0 saturated carbocycles. The molecule has 3 nitrogen and oxygen atoms in total. The van der Waals surface area contributed by atoms with Crippen LogP contribution in [-0.2, 0) is 17.3 Å². The lowest BCUT2D eigenvalue weighted by molar-refractivity contribution is 0.360. The van der Waals surface area contributed by atoms with E-state index in [0.29, 0.717) is 17.2 Å². The molecule has 1 heterocycles. The largest absolute Gasteiger partial charge is 0.449 e. The van der Waals surface area contributed by atoms with Crippen molar-refractivity contribution in [2.45, 2.75) is 42.9 Å². The quantitative estimate of drug-likeness (QED) is 0.135. The minimum atomic E-state index is -0.502. The zero-order valence-corrected chi connectivity index (χ0v) is 43.3. The van der Waals surface area contributed by atoms with Gasteiger partial charge in [0, 0.05) is 22.9 Å². The van der Waals surface area contributed by atoms with Crippen LogP contribution in [-0.4, -0.2) is 0 Å². The molecule has 78 heavy (non-hydrogen) atoms. The third-order valence-corrected chi connectivity index (χ3v) is 17.2. The first kappa shape index (κ1) is 45.9. The maximum Gasteiger partial charge on any atom is 0.178 e. The van der Waals surface area contributed by atoms with E-state index in [-0.39, 0.29) is 0 Å². The zero-order chi connectivity index (χ0) is 51.8. The summed E-state index contributed by atoms with van der Waals surface area (Å²) >= 11 is 0. The second-order valence-corrected chi connectivity index (χ2v) is 21.2. The van der Waals surface area contributed by atoms with Gasteiger partial charge in [-0.05, 0) is 152 Å². The summed E-state index contributed by atoms with van der Waals surface area (Å²) in [4.78, 5) is 2.38. The lowest BCUT2D eigenvalue weighted by Gasteiger charge is -2.36. The topological polar surface area (TPSA) is 21.7 Å². The van der Waals surface area contributed by atoms with Crippen molar-refractivity contribution in [1.82, 2.24) is 0 Å². The number of nitrogens with zero attached hydrogens (tertiary/aromatic N) is 1. The number of benzene rings is 9. The van der Waals surface area contributed by atoms with Gasteiger partial charge >= 0.3 is 0 Å². The van der Waals surface area contributed by atoms with Crippen LogP contribution in [0.2, 0.25) is 0 Å². The summed E-state index contributed by atoms with van der Waals surface area (Å²) in [5, 5.41) is 0. The minimum Gasteiger partial charge on any atom is -0.449 e. The first-order chi connectivity index (χ1) is 38.7. The molecule has 3 heteroatoms. The zero-order valence-electron chi connectivity index (χ0n) is 43.3. The lowest BCUT2D eigenvalue weighted by Crippen LogP contribution is -2.29. The second kappa shape index (κ2) is 18.4. The molecule has 6 aliphatic rings. The molecule has 0 fully saturated rings. The van der Waals surface area contributed by atoms with Crippen molar-refractivity contribution < 1.29 is 9.47 Å². The predicted octanol–water partition coefficient (Wildman–Crippen LogP) is 19.6. The molecule has 5 aliphatic carbocycles. The Morgan fingerprint density at radius 3 is 1.90 bits per heavy atom. The maximum absolute atomic E-state index is 7.16. The number of hydrogen-bond donors (Lipinski definition) is 0. The van der Waals surface area contributed by atoms with E-state index in [4.69, 9.17) is 9.47 Å². The highest BCUT2D eigenvalue weighted by Gasteiger charge is 2.52. The van der Waals surface area contributed by atoms with Crippen LogP contribution in [0.3, 0.4) is 0 Å². The van der Waals surface area contributed by atoms with Crippen LogP contribution in [0.25, 0.3) is 39.0 Å². The van der Waals surface area contributed by atoms with Crippen LogP contribution in [0.5, 0.6) is 23.0 Å². The Hall–Kier alpha value is -9.44. The maximum atomic E-state index is 7.16. The van der Waals surface area contributed by atoms with E-state index >= 15 is 0 Å². The molecule has 1 spiro atoms. The van der Waals surface area contributed by atoms with Crippen LogP contribution in [0.4, 0.5) is 17.1 Å². The molecular formula is C75H55NO2. The smallest absolute Gasteiger partial charge is 0.178 e. The van der Waals surface area contributed by atoms with E-state index in [9.17, 15) is 0 Å². The Balaban J connectivity index is 0.848. The summed E-state index contributed by atoms with van der Waals surface area (Å²) in [5.74, 6) is 2.81. The summed E-state index contributed by atoms with van der Waals surface area (Å²) in [5.41, 5.74) is 23.6. The van der Waals surface area contributed by atoms with E-state index in [1.54, 1.807) is 0 Å². The van der Waals surface area contributed by atoms with Crippen LogP contribution < -0.4 is 14.4 Å². The molecule has 0 N–H and O–H groups in total. The van der Waals surface area contributed by atoms with E-state index in [2.05, 4.69) is 260 Å². The molecule has 15 rings (SSSR count). The molecule has 0 saturated heterocycles. The average Bonchev–Trinajstić information content (AvgIpc) is 4.25. The van der Waals surface area contributed by atoms with Crippen LogP contribution in [0.1, 0.15) is 70.2 Å². The number of allylic oxidation sites excluding steroid dienone is 13. The predicted molar refractivity (Wildman–Crippen MR) is 321 cm³/mol. The fourth-order valence-electron chi connectivity index (χ4n) is 14.0. The Morgan fingerprint density at radius 1 is 0.462 bits per heavy atom. The number of rotatable bonds is 9. The SMILES string of the molecule is C=C/C=C\C=C1/Cc2ccccc2C12c1ccccc1-c1c(-c3ccc(N(c4ccc5c(c4)Oc4ccc6c(c4O5)-c4ccccc4C6(C4=CCCC=C4)c4ccccc4)c4ccccc4C4=CCCC=C4)cc3)cccc12. The molecule has 0 bridgehead atoms. The number of hydrogen-bond acceptors (Lipinski definition) is 3. The van der Waals surface area contributed by atoms with Crippen molar-refractivity contribution in [3.05, 3.63) is 323 Å². The molecule has 0 radical (unpaired) electrons. The van der Waals surface area contributed by atoms with Gasteiger partial charge in [-0.1, -0.05) is 225 Å². The van der Waals surface area contributed by atoms with Crippen molar-refractivity contribution in [3.63, 3.8) is 0 Å². The van der Waals surface area contributed by atoms with E-state index in [0.717, 1.165) is 66.0 Å². The molecular weight excluding hydrogens is 947 g/mol. The summed E-state index contributed by atoms with van der Waals surface area (Å²) in [7, 11) is 0. The van der Waals surface area contributed by atoms with Crippen LogP contribution in [0.15, 0.2) is 279 Å². The van der Waals surface area contributed by atoms with Gasteiger partial charge in [0.2, 0.25) is 0 Å². The van der Waals surface area contributed by atoms with Crippen molar-refractivity contribution in [2.24, 2.45) is 0 Å². The summed E-state index contributed by atoms with van der Waals surface area (Å²) < 4.78 is 14.2. The molecule has 0 aromatic heterocycles. The van der Waals surface area contributed by atoms with Crippen molar-refractivity contribution in [3.8, 4) is 56.4 Å². The Labute approximate surface area is 457 Å². The Morgan fingerprint density at radius 2 is 1.12 bits per heavy atom. The standard InChI is InChI=1S/C75H55NO2/c1-2-3-7-30-55-48-52-25-14-18-35-62(52)75(55)64-37-20-15-32-60(64)71-59(34-22-38-65(71)75)51-40-42-56(43-41-51)76(67-39-21-17-31-58(67)50-23-8-4-9-24-50)57-44-46-68-70(49-57)77-69-47-45-66-72(73(69)78-68)61-33-16-19-36-63(61)74(66,53-26-10-5-11-27-53)54-28-12-6-13-29-54/h2-3,5,7-8,10-12,14-47,49H,1,4,6,9,13,48H2/b7-3-,55-30+. The molecule has 9 aromatic carbocycles. The molecule has 9 aromatic rings. The van der Waals surface area contributed by atoms with Gasteiger partial charge < -0.3 is 14.4 Å². The van der Waals surface area contributed by atoms with Crippen molar-refractivity contribution in [2.75, 3.05) is 4.90 Å². The van der Waals surface area contributed by atoms with Gasteiger partial charge in [-0.3, -0.25) is 0 Å². The molecule has 2 unspecified atom stereocenters. The van der Waals surface area contributed by atoms with Crippen molar-refractivity contribution >= 4 is 22.6 Å². The first-order valence-electron chi connectivity index (χ1n) is 27.5. The number of anilines is 3. The second-order valence-electron chi connectivity index (χ2n) is 21.2. The van der Waals surface area contributed by atoms with Gasteiger partial charge in [0.1, 0.15) is 0 Å². The number of fused-ring (bicyclic) bond motifs is 13. The third kappa shape index (κ3) is 6.77. The fraction of sp³-hybridized carbons (Fsp3) is 0.0933. The summed E-state index contributed by atoms with van der Waals surface area (Å²) in [6.07, 6.45) is 27.4. The van der Waals surface area contributed by atoms with Gasteiger partial charge in [0.25, 0.3) is 0 Å². The Kier molecular flexibility index (Phi) is 10.8. The third-order valence-electron chi connectivity index (χ3n) is 17.2. The highest BCUT2D eigenvalue weighted by atomic mass is 16.6. The number of ether oxygens (including phenoxy) is 2. The van der Waals surface area contributed by atoms with Crippen molar-refractivity contribution in [1.29, 1.82) is 0 Å². The molecule has 1 aliphatic heterocycles. The fourth-order valence-corrected chi connectivity index (χ4v) is 14.0. The van der Waals surface area contributed by atoms with E-state index in [1.807, 2.05) is 12.2 Å². The van der Waals surface area contributed by atoms with Crippen LogP contribution >= 0.6 is 0 Å². The molecule has 372 valence electrons. The number of para-hydroxylation sites is 1. The van der Waals surface area contributed by atoms with Gasteiger partial charge in [0.15, 0.2) is 23.0 Å². The highest BCUT2D eigenvalue weighted by Crippen LogP contribution is 2.65. The Bertz CT molecular complexity index is 4140. The van der Waals surface area contributed by atoms with Gasteiger partial charge in [0.05, 0.1) is 22.2 Å². The van der Waals surface area contributed by atoms with E-state index in [1.165, 1.54) is 83.5 Å². The normalized spacial score (nSPS) is 19.2. The summed E-state index contributed by atoms with van der Waals surface area (Å²) in [6, 6.07) is 73.6. The van der Waals surface area contributed by atoms with Gasteiger partial charge in [-0.2, -0.15) is 0 Å². The van der Waals surface area contributed by atoms with Gasteiger partial charge in [-0.15, -0.1) is 0 Å². The minimum absolute atomic E-state index is 0.396. The highest BCUT2D eigenvalue weighted by molar-refractivity contribution is 5.98. The van der Waals surface area contributed by atoms with Gasteiger partial charge in [-0.25, -0.2) is 0 Å². The van der Waals surface area contributed by atoms with E-state index < -0.39 is 10.8 Å². The molecule has 2 atom stereocenters. The monoisotopic (exact) mass is 1000 g/mol. The first-order valence-corrected chi connectivity index (χ1v) is 27.5. The lowest BCUT2D eigenvalue weighted by atomic mass is 9.66. The van der Waals surface area contributed by atoms with Crippen LogP contribution in [0, 0.1) is 0 Å². The average molecular weight is 1000 g/mol.